The molecule has 1 fully saturated rings. The average Bonchev–Trinajstić information content (AvgIpc) is 3.01. The first-order chi connectivity index (χ1) is 11.0. The highest BCUT2D eigenvalue weighted by Crippen LogP contribution is 2.21. The molecule has 1 aliphatic rings. The number of nitrogens with one attached hydrogen (secondary N) is 1. The van der Waals surface area contributed by atoms with Crippen LogP contribution in [-0.4, -0.2) is 40.9 Å². The van der Waals surface area contributed by atoms with Gasteiger partial charge < -0.3 is 10.2 Å². The van der Waals surface area contributed by atoms with E-state index in [0.717, 1.165) is 5.56 Å². The van der Waals surface area contributed by atoms with E-state index in [4.69, 9.17) is 0 Å². The highest BCUT2D eigenvalue weighted by molar-refractivity contribution is 7.99. The smallest absolute Gasteiger partial charge is 0.247 e. The third-order valence-electron chi connectivity index (χ3n) is 3.44. The van der Waals surface area contributed by atoms with Crippen LogP contribution < -0.4 is 5.32 Å². The minimum atomic E-state index is -0.427. The molecule has 1 aliphatic heterocycles. The number of hydrogen-bond donors (Lipinski definition) is 1. The monoisotopic (exact) mass is 336 g/mol. The molecule has 0 spiro atoms. The van der Waals surface area contributed by atoms with E-state index in [1.54, 1.807) is 34.9 Å². The number of amides is 2. The van der Waals surface area contributed by atoms with Gasteiger partial charge in [0.1, 0.15) is 11.9 Å². The summed E-state index contributed by atoms with van der Waals surface area (Å²) in [6.45, 7) is 4.66. The van der Waals surface area contributed by atoms with Gasteiger partial charge in [0, 0.05) is 18.4 Å². The van der Waals surface area contributed by atoms with Gasteiger partial charge in [-0.15, -0.1) is 11.8 Å². The SMILES string of the molecule is CC(C)CNC(=O)C1CSCN1C(=O)/C=C/c1ccc(F)cc1. The number of thioether (sulfide) groups is 1. The molecule has 0 radical (unpaired) electrons. The summed E-state index contributed by atoms with van der Waals surface area (Å²) in [5.41, 5.74) is 0.743. The van der Waals surface area contributed by atoms with Crippen molar-refractivity contribution in [1.82, 2.24) is 10.2 Å². The Kier molecular flexibility index (Phi) is 6.21. The van der Waals surface area contributed by atoms with Gasteiger partial charge in [0.2, 0.25) is 11.8 Å². The quantitative estimate of drug-likeness (QED) is 0.841. The Morgan fingerprint density at radius 2 is 2.09 bits per heavy atom. The van der Waals surface area contributed by atoms with Crippen LogP contribution in [0.25, 0.3) is 6.08 Å². The second-order valence-corrected chi connectivity index (χ2v) is 6.85. The zero-order valence-corrected chi connectivity index (χ0v) is 14.1. The van der Waals surface area contributed by atoms with Crippen molar-refractivity contribution < 1.29 is 14.0 Å². The highest BCUT2D eigenvalue weighted by atomic mass is 32.2. The zero-order valence-electron chi connectivity index (χ0n) is 13.3. The minimum absolute atomic E-state index is 0.104. The number of halogens is 1. The molecule has 4 nitrogen and oxygen atoms in total. The lowest BCUT2D eigenvalue weighted by molar-refractivity contribution is -0.134. The van der Waals surface area contributed by atoms with E-state index in [-0.39, 0.29) is 17.6 Å². The Labute approximate surface area is 140 Å². The van der Waals surface area contributed by atoms with Crippen molar-refractivity contribution in [2.24, 2.45) is 5.92 Å². The Morgan fingerprint density at radius 1 is 1.39 bits per heavy atom. The first kappa shape index (κ1) is 17.5. The van der Waals surface area contributed by atoms with Crippen LogP contribution in [0.4, 0.5) is 4.39 Å². The lowest BCUT2D eigenvalue weighted by Gasteiger charge is -2.22. The molecule has 1 aromatic carbocycles. The van der Waals surface area contributed by atoms with Crippen molar-refractivity contribution >= 4 is 29.7 Å². The number of hydrogen-bond acceptors (Lipinski definition) is 3. The van der Waals surface area contributed by atoms with Crippen molar-refractivity contribution in [2.45, 2.75) is 19.9 Å². The molecule has 2 amide bonds. The molecule has 1 heterocycles. The summed E-state index contributed by atoms with van der Waals surface area (Å²) in [5.74, 6) is 0.866. The summed E-state index contributed by atoms with van der Waals surface area (Å²) in [6.07, 6.45) is 3.07. The molecule has 2 rings (SSSR count). The van der Waals surface area contributed by atoms with Crippen LogP contribution in [0.5, 0.6) is 0 Å². The third kappa shape index (κ3) is 5.10. The fourth-order valence-electron chi connectivity index (χ4n) is 2.14. The normalized spacial score (nSPS) is 17.9. The summed E-state index contributed by atoms with van der Waals surface area (Å²) in [6, 6.07) is 5.47. The molecule has 0 aliphatic carbocycles. The van der Waals surface area contributed by atoms with Gasteiger partial charge in [0.25, 0.3) is 0 Å². The maximum Gasteiger partial charge on any atom is 0.247 e. The topological polar surface area (TPSA) is 49.4 Å². The maximum absolute atomic E-state index is 12.9. The number of carbonyl (C=O) groups excluding carboxylic acids is 2. The predicted molar refractivity (Wildman–Crippen MR) is 91.2 cm³/mol. The minimum Gasteiger partial charge on any atom is -0.354 e. The lowest BCUT2D eigenvalue weighted by Crippen LogP contribution is -2.47. The average molecular weight is 336 g/mol. The standard InChI is InChI=1S/C17H21FN2O2S/c1-12(2)9-19-17(22)15-10-23-11-20(15)16(21)8-5-13-3-6-14(18)7-4-13/h3-8,12,15H,9-11H2,1-2H3,(H,19,22)/b8-5+. The Hall–Kier alpha value is -1.82. The van der Waals surface area contributed by atoms with E-state index in [2.05, 4.69) is 5.32 Å². The molecule has 1 aromatic rings. The number of benzene rings is 1. The van der Waals surface area contributed by atoms with Crippen LogP contribution in [0.2, 0.25) is 0 Å². The zero-order chi connectivity index (χ0) is 16.8. The Bertz CT molecular complexity index is 587. The van der Waals surface area contributed by atoms with Gasteiger partial charge in [-0.3, -0.25) is 9.59 Å². The summed E-state index contributed by atoms with van der Waals surface area (Å²) < 4.78 is 12.9. The molecule has 1 N–H and O–H groups in total. The summed E-state index contributed by atoms with van der Waals surface area (Å²) in [5, 5.41) is 2.88. The van der Waals surface area contributed by atoms with E-state index in [1.807, 2.05) is 13.8 Å². The van der Waals surface area contributed by atoms with Crippen LogP contribution in [0, 0.1) is 11.7 Å². The number of nitrogens with zero attached hydrogens (tertiary/aromatic N) is 1. The van der Waals surface area contributed by atoms with Crippen molar-refractivity contribution in [3.8, 4) is 0 Å². The number of rotatable bonds is 5. The number of carbonyl (C=O) groups is 2. The van der Waals surface area contributed by atoms with Gasteiger partial charge >= 0.3 is 0 Å². The van der Waals surface area contributed by atoms with Gasteiger partial charge in [-0.1, -0.05) is 26.0 Å². The first-order valence-corrected chi connectivity index (χ1v) is 8.72. The van der Waals surface area contributed by atoms with Gasteiger partial charge in [0.05, 0.1) is 5.88 Å². The molecule has 1 unspecified atom stereocenters. The molecular formula is C17H21FN2O2S. The van der Waals surface area contributed by atoms with Gasteiger partial charge in [-0.25, -0.2) is 4.39 Å². The summed E-state index contributed by atoms with van der Waals surface area (Å²) >= 11 is 1.57. The van der Waals surface area contributed by atoms with E-state index in [0.29, 0.717) is 24.1 Å². The molecule has 0 saturated carbocycles. The van der Waals surface area contributed by atoms with Crippen LogP contribution >= 0.6 is 11.8 Å². The van der Waals surface area contributed by atoms with Gasteiger partial charge in [-0.05, 0) is 29.7 Å². The second-order valence-electron chi connectivity index (χ2n) is 5.85. The van der Waals surface area contributed by atoms with Crippen molar-refractivity contribution in [3.05, 3.63) is 41.7 Å². The van der Waals surface area contributed by atoms with Crippen LogP contribution in [0.1, 0.15) is 19.4 Å². The fourth-order valence-corrected chi connectivity index (χ4v) is 3.30. The Morgan fingerprint density at radius 3 is 2.74 bits per heavy atom. The maximum atomic E-state index is 12.9. The molecule has 0 aromatic heterocycles. The fraction of sp³-hybridized carbons (Fsp3) is 0.412. The third-order valence-corrected chi connectivity index (χ3v) is 4.45. The van der Waals surface area contributed by atoms with E-state index >= 15 is 0 Å². The van der Waals surface area contributed by atoms with E-state index < -0.39 is 6.04 Å². The van der Waals surface area contributed by atoms with Crippen molar-refractivity contribution in [3.63, 3.8) is 0 Å². The van der Waals surface area contributed by atoms with Gasteiger partial charge in [-0.2, -0.15) is 0 Å². The lowest BCUT2D eigenvalue weighted by atomic mass is 10.2. The van der Waals surface area contributed by atoms with Crippen LogP contribution in [0.15, 0.2) is 30.3 Å². The van der Waals surface area contributed by atoms with Crippen molar-refractivity contribution in [2.75, 3.05) is 18.2 Å². The molecule has 0 bridgehead atoms. The summed E-state index contributed by atoms with van der Waals surface area (Å²) in [7, 11) is 0. The van der Waals surface area contributed by atoms with Crippen molar-refractivity contribution in [1.29, 1.82) is 0 Å². The predicted octanol–water partition coefficient (Wildman–Crippen LogP) is 2.51. The second kappa shape index (κ2) is 8.15. The molecule has 6 heteroatoms. The van der Waals surface area contributed by atoms with Gasteiger partial charge in [0.15, 0.2) is 0 Å². The summed E-state index contributed by atoms with van der Waals surface area (Å²) in [4.78, 5) is 26.1. The molecule has 1 saturated heterocycles. The van der Waals surface area contributed by atoms with Crippen LogP contribution in [0.3, 0.4) is 0 Å². The molecule has 124 valence electrons. The van der Waals surface area contributed by atoms with E-state index in [1.165, 1.54) is 18.2 Å². The van der Waals surface area contributed by atoms with Crippen LogP contribution in [-0.2, 0) is 9.59 Å². The largest absolute Gasteiger partial charge is 0.354 e. The molecular weight excluding hydrogens is 315 g/mol. The first-order valence-electron chi connectivity index (χ1n) is 7.57. The molecule has 1 atom stereocenters. The Balaban J connectivity index is 1.97. The molecule has 23 heavy (non-hydrogen) atoms. The van der Waals surface area contributed by atoms with E-state index in [9.17, 15) is 14.0 Å². The highest BCUT2D eigenvalue weighted by Gasteiger charge is 2.33.